The number of aryl methyl sites for hydroxylation is 2. The molecule has 0 unspecified atom stereocenters. The summed E-state index contributed by atoms with van der Waals surface area (Å²) >= 11 is 1.69. The van der Waals surface area contributed by atoms with Crippen LogP contribution in [0.25, 0.3) is 0 Å². The van der Waals surface area contributed by atoms with Crippen molar-refractivity contribution in [2.45, 2.75) is 27.2 Å². The summed E-state index contributed by atoms with van der Waals surface area (Å²) in [7, 11) is 0. The van der Waals surface area contributed by atoms with E-state index in [0.717, 1.165) is 11.3 Å². The molecule has 0 atom stereocenters. The fourth-order valence-electron chi connectivity index (χ4n) is 1.41. The summed E-state index contributed by atoms with van der Waals surface area (Å²) in [6.45, 7) is 6.26. The molecule has 1 rings (SSSR count). The van der Waals surface area contributed by atoms with Crippen LogP contribution in [0.1, 0.15) is 23.6 Å². The van der Waals surface area contributed by atoms with Crippen LogP contribution in [0, 0.1) is 13.8 Å². The second-order valence-corrected chi connectivity index (χ2v) is 5.05. The number of benzene rings is 1. The molecule has 0 saturated carbocycles. The summed E-state index contributed by atoms with van der Waals surface area (Å²) in [5, 5.41) is 0. The standard InChI is InChI=1S/C13H18OS/c1-4-15-9-13(14)8-12-6-5-10(2)11(3)7-12/h5-7H,4,8-9H2,1-3H3. The Kier molecular flexibility index (Phi) is 4.89. The van der Waals surface area contributed by atoms with E-state index in [4.69, 9.17) is 0 Å². The van der Waals surface area contributed by atoms with Gasteiger partial charge in [-0.15, -0.1) is 0 Å². The van der Waals surface area contributed by atoms with Gasteiger partial charge in [-0.25, -0.2) is 0 Å². The van der Waals surface area contributed by atoms with E-state index in [9.17, 15) is 4.79 Å². The van der Waals surface area contributed by atoms with Gasteiger partial charge in [0.2, 0.25) is 0 Å². The average molecular weight is 222 g/mol. The Balaban J connectivity index is 2.57. The van der Waals surface area contributed by atoms with Crippen molar-refractivity contribution in [2.24, 2.45) is 0 Å². The van der Waals surface area contributed by atoms with Crippen LogP contribution in [0.2, 0.25) is 0 Å². The van der Waals surface area contributed by atoms with Gasteiger partial charge >= 0.3 is 0 Å². The van der Waals surface area contributed by atoms with Crippen LogP contribution in [0.4, 0.5) is 0 Å². The first-order valence-corrected chi connectivity index (χ1v) is 6.44. The SMILES string of the molecule is CCSCC(=O)Cc1ccc(C)c(C)c1. The van der Waals surface area contributed by atoms with Gasteiger partial charge in [-0.2, -0.15) is 11.8 Å². The fraction of sp³-hybridized carbons (Fsp3) is 0.462. The Bertz CT molecular complexity index is 344. The topological polar surface area (TPSA) is 17.1 Å². The van der Waals surface area contributed by atoms with E-state index in [0.29, 0.717) is 18.0 Å². The van der Waals surface area contributed by atoms with Crippen molar-refractivity contribution in [2.75, 3.05) is 11.5 Å². The zero-order valence-corrected chi connectivity index (χ0v) is 10.5. The maximum Gasteiger partial charge on any atom is 0.147 e. The minimum Gasteiger partial charge on any atom is -0.298 e. The van der Waals surface area contributed by atoms with E-state index in [2.05, 4.69) is 39.0 Å². The third-order valence-electron chi connectivity index (χ3n) is 2.44. The summed E-state index contributed by atoms with van der Waals surface area (Å²) < 4.78 is 0. The molecule has 0 N–H and O–H groups in total. The third kappa shape index (κ3) is 4.08. The van der Waals surface area contributed by atoms with Gasteiger partial charge in [0.25, 0.3) is 0 Å². The van der Waals surface area contributed by atoms with E-state index in [1.54, 1.807) is 11.8 Å². The Morgan fingerprint density at radius 1 is 1.27 bits per heavy atom. The molecular weight excluding hydrogens is 204 g/mol. The first-order chi connectivity index (χ1) is 7.13. The maximum atomic E-state index is 11.5. The Labute approximate surface area is 96.3 Å². The van der Waals surface area contributed by atoms with E-state index >= 15 is 0 Å². The van der Waals surface area contributed by atoms with E-state index in [1.165, 1.54) is 11.1 Å². The van der Waals surface area contributed by atoms with Crippen molar-refractivity contribution in [3.63, 3.8) is 0 Å². The highest BCUT2D eigenvalue weighted by Gasteiger charge is 2.04. The van der Waals surface area contributed by atoms with Crippen molar-refractivity contribution < 1.29 is 4.79 Å². The van der Waals surface area contributed by atoms with Gasteiger partial charge in [-0.3, -0.25) is 4.79 Å². The molecule has 82 valence electrons. The van der Waals surface area contributed by atoms with Crippen molar-refractivity contribution in [1.29, 1.82) is 0 Å². The molecule has 0 aromatic heterocycles. The monoisotopic (exact) mass is 222 g/mol. The number of rotatable bonds is 5. The molecule has 1 aromatic rings. The Morgan fingerprint density at radius 3 is 2.60 bits per heavy atom. The summed E-state index contributed by atoms with van der Waals surface area (Å²) in [4.78, 5) is 11.5. The number of hydrogen-bond acceptors (Lipinski definition) is 2. The van der Waals surface area contributed by atoms with Gasteiger partial charge in [-0.05, 0) is 36.3 Å². The van der Waals surface area contributed by atoms with Crippen LogP contribution in [-0.4, -0.2) is 17.3 Å². The van der Waals surface area contributed by atoms with Crippen molar-refractivity contribution in [1.82, 2.24) is 0 Å². The predicted octanol–water partition coefficient (Wildman–Crippen LogP) is 3.17. The zero-order valence-electron chi connectivity index (χ0n) is 9.67. The van der Waals surface area contributed by atoms with Crippen LogP contribution in [0.5, 0.6) is 0 Å². The second kappa shape index (κ2) is 5.96. The molecule has 1 aromatic carbocycles. The quantitative estimate of drug-likeness (QED) is 0.761. The molecule has 0 bridgehead atoms. The second-order valence-electron chi connectivity index (χ2n) is 3.77. The molecule has 0 fully saturated rings. The van der Waals surface area contributed by atoms with Gasteiger partial charge in [0.15, 0.2) is 0 Å². The van der Waals surface area contributed by atoms with E-state index < -0.39 is 0 Å². The lowest BCUT2D eigenvalue weighted by Gasteiger charge is -2.04. The van der Waals surface area contributed by atoms with Crippen LogP contribution in [0.15, 0.2) is 18.2 Å². The maximum absolute atomic E-state index is 11.5. The van der Waals surface area contributed by atoms with Crippen LogP contribution >= 0.6 is 11.8 Å². The predicted molar refractivity (Wildman–Crippen MR) is 67.6 cm³/mol. The highest BCUT2D eigenvalue weighted by molar-refractivity contribution is 7.99. The molecule has 0 aliphatic rings. The number of thioether (sulfide) groups is 1. The molecular formula is C13H18OS. The minimum atomic E-state index is 0.324. The molecule has 0 spiro atoms. The lowest BCUT2D eigenvalue weighted by molar-refractivity contribution is -0.116. The molecule has 0 radical (unpaired) electrons. The lowest BCUT2D eigenvalue weighted by atomic mass is 10.0. The molecule has 0 amide bonds. The molecule has 1 nitrogen and oxygen atoms in total. The summed E-state index contributed by atoms with van der Waals surface area (Å²) in [5.41, 5.74) is 3.69. The zero-order chi connectivity index (χ0) is 11.3. The molecule has 0 aliphatic heterocycles. The summed E-state index contributed by atoms with van der Waals surface area (Å²) in [6.07, 6.45) is 0.577. The number of Topliss-reactive ketones (excluding diaryl/α,β-unsaturated/α-hetero) is 1. The first kappa shape index (κ1) is 12.3. The Hall–Kier alpha value is -0.760. The first-order valence-electron chi connectivity index (χ1n) is 5.29. The minimum absolute atomic E-state index is 0.324. The summed E-state index contributed by atoms with van der Waals surface area (Å²) in [6, 6.07) is 6.26. The molecule has 15 heavy (non-hydrogen) atoms. The highest BCUT2D eigenvalue weighted by atomic mass is 32.2. The number of hydrogen-bond donors (Lipinski definition) is 0. The number of ketones is 1. The smallest absolute Gasteiger partial charge is 0.147 e. The van der Waals surface area contributed by atoms with Gasteiger partial charge in [0, 0.05) is 6.42 Å². The van der Waals surface area contributed by atoms with Crippen molar-refractivity contribution >= 4 is 17.5 Å². The largest absolute Gasteiger partial charge is 0.298 e. The average Bonchev–Trinajstić information content (AvgIpc) is 2.20. The third-order valence-corrected chi connectivity index (χ3v) is 3.37. The van der Waals surface area contributed by atoms with Crippen LogP contribution in [-0.2, 0) is 11.2 Å². The molecule has 0 aliphatic carbocycles. The number of carbonyl (C=O) groups excluding carboxylic acids is 1. The molecule has 0 heterocycles. The van der Waals surface area contributed by atoms with Gasteiger partial charge < -0.3 is 0 Å². The van der Waals surface area contributed by atoms with Crippen molar-refractivity contribution in [3.8, 4) is 0 Å². The lowest BCUT2D eigenvalue weighted by Crippen LogP contribution is -2.06. The summed E-state index contributed by atoms with van der Waals surface area (Å²) in [5.74, 6) is 1.98. The molecule has 2 heteroatoms. The van der Waals surface area contributed by atoms with Crippen LogP contribution < -0.4 is 0 Å². The highest BCUT2D eigenvalue weighted by Crippen LogP contribution is 2.11. The van der Waals surface area contributed by atoms with E-state index in [-0.39, 0.29) is 0 Å². The van der Waals surface area contributed by atoms with E-state index in [1.807, 2.05) is 0 Å². The number of carbonyl (C=O) groups is 1. The van der Waals surface area contributed by atoms with Crippen molar-refractivity contribution in [3.05, 3.63) is 34.9 Å². The fourth-order valence-corrected chi connectivity index (χ4v) is 1.94. The van der Waals surface area contributed by atoms with Gasteiger partial charge in [-0.1, -0.05) is 25.1 Å². The Morgan fingerprint density at radius 2 is 2.00 bits per heavy atom. The van der Waals surface area contributed by atoms with Gasteiger partial charge in [0.1, 0.15) is 5.78 Å². The van der Waals surface area contributed by atoms with Crippen LogP contribution in [0.3, 0.4) is 0 Å². The normalized spacial score (nSPS) is 10.3. The molecule has 0 saturated heterocycles. The van der Waals surface area contributed by atoms with Gasteiger partial charge in [0.05, 0.1) is 5.75 Å².